The number of hydrogen-bond acceptors (Lipinski definition) is 5. The maximum Gasteiger partial charge on any atom is 0.315 e. The standard InChI is InChI=1S/C51H74FNO4/c1-35(2)38-17-24-51(53-30-27-50(55)28-31-56-32-29-50)26-25-47(6)40(43(38)51)13-14-42-46(5)20-18-39(45(3,4)41(46)19-21-48(42,47)7)37-15-22-49(34-52,23-16-37)44(54)57-33-36-11-9-8-10-12-36/h8-12,15,18,38,40-43,53,55H,1,13-14,16-17,19-34H2,2-7H3/t38-,40+,41-,42+,43+,46-,47+,48+,49-,51-/m0/s1. The smallest absolute Gasteiger partial charge is 0.315 e. The van der Waals surface area contributed by atoms with Crippen molar-refractivity contribution in [3.05, 3.63) is 71.3 Å². The molecule has 0 spiro atoms. The average Bonchev–Trinajstić information content (AvgIpc) is 3.58. The van der Waals surface area contributed by atoms with E-state index in [1.54, 1.807) is 0 Å². The normalized spacial score (nSPS) is 42.0. The highest BCUT2D eigenvalue weighted by atomic mass is 19.1. The Morgan fingerprint density at radius 2 is 1.65 bits per heavy atom. The minimum absolute atomic E-state index is 0.00187. The highest BCUT2D eigenvalue weighted by molar-refractivity contribution is 5.78. The summed E-state index contributed by atoms with van der Waals surface area (Å²) in [5, 5.41) is 15.6. The van der Waals surface area contributed by atoms with E-state index < -0.39 is 23.7 Å². The molecule has 0 bridgehead atoms. The Hall–Kier alpha value is -2.28. The molecule has 0 aromatic heterocycles. The lowest BCUT2D eigenvalue weighted by atomic mass is 9.33. The summed E-state index contributed by atoms with van der Waals surface area (Å²) < 4.78 is 26.1. The summed E-state index contributed by atoms with van der Waals surface area (Å²) in [4.78, 5) is 13.4. The highest BCUT2D eigenvalue weighted by Gasteiger charge is 2.70. The van der Waals surface area contributed by atoms with Gasteiger partial charge in [-0.05, 0) is 178 Å². The van der Waals surface area contributed by atoms with Gasteiger partial charge in [-0.15, -0.1) is 0 Å². The molecule has 10 atom stereocenters. The molecule has 57 heavy (non-hydrogen) atoms. The second-order valence-corrected chi connectivity index (χ2v) is 21.8. The van der Waals surface area contributed by atoms with Crippen molar-refractivity contribution in [3.8, 4) is 0 Å². The Labute approximate surface area is 344 Å². The van der Waals surface area contributed by atoms with Crippen molar-refractivity contribution >= 4 is 5.97 Å². The van der Waals surface area contributed by atoms with Crippen molar-refractivity contribution in [2.24, 2.45) is 56.7 Å². The van der Waals surface area contributed by atoms with Crippen molar-refractivity contribution in [3.63, 3.8) is 0 Å². The zero-order valence-electron chi connectivity index (χ0n) is 36.3. The predicted molar refractivity (Wildman–Crippen MR) is 227 cm³/mol. The Balaban J connectivity index is 1.01. The summed E-state index contributed by atoms with van der Waals surface area (Å²) >= 11 is 0. The first kappa shape index (κ1) is 41.5. The summed E-state index contributed by atoms with van der Waals surface area (Å²) in [6.45, 7) is 21.7. The fraction of sp³-hybridized carbons (Fsp3) is 0.745. The average molecular weight is 784 g/mol. The molecule has 7 aliphatic rings. The van der Waals surface area contributed by atoms with Crippen LogP contribution in [0.4, 0.5) is 4.39 Å². The third-order valence-electron chi connectivity index (χ3n) is 19.0. The number of ether oxygens (including phenoxy) is 2. The van der Waals surface area contributed by atoms with Crippen LogP contribution in [0.1, 0.15) is 143 Å². The van der Waals surface area contributed by atoms with Gasteiger partial charge >= 0.3 is 5.97 Å². The van der Waals surface area contributed by atoms with Crippen molar-refractivity contribution in [1.29, 1.82) is 0 Å². The van der Waals surface area contributed by atoms with Crippen LogP contribution in [0.3, 0.4) is 0 Å². The summed E-state index contributed by atoms with van der Waals surface area (Å²) in [6, 6.07) is 9.69. The number of nitrogens with one attached hydrogen (secondary N) is 1. The summed E-state index contributed by atoms with van der Waals surface area (Å²) in [5.41, 5.74) is 4.27. The zero-order chi connectivity index (χ0) is 40.5. The third kappa shape index (κ3) is 6.68. The molecule has 1 aromatic carbocycles. The van der Waals surface area contributed by atoms with Gasteiger partial charge in [0.05, 0.1) is 11.0 Å². The minimum atomic E-state index is -1.09. The van der Waals surface area contributed by atoms with E-state index in [1.807, 2.05) is 30.3 Å². The van der Waals surface area contributed by atoms with Crippen LogP contribution in [0.5, 0.6) is 0 Å². The maximum absolute atomic E-state index is 14.8. The molecule has 6 heteroatoms. The molecular formula is C51H74FNO4. The molecule has 6 aliphatic carbocycles. The van der Waals surface area contributed by atoms with E-state index in [4.69, 9.17) is 9.47 Å². The SMILES string of the molecule is C=C(C)[C@@H]1CC[C@]2(NCCC3(O)CCOCC3)CC[C@]3(C)[C@H](CC[C@@H]4[C@@]5(C)CC=C(C6=CC[C@](CF)(C(=O)OCc7ccccc7)CC6)C(C)(C)[C@@H]5CC[C@]43C)[C@@H]12. The van der Waals surface area contributed by atoms with E-state index in [0.717, 1.165) is 44.2 Å². The molecule has 1 aliphatic heterocycles. The van der Waals surface area contributed by atoms with Gasteiger partial charge in [-0.2, -0.15) is 0 Å². The van der Waals surface area contributed by atoms with Gasteiger partial charge in [0, 0.05) is 18.8 Å². The lowest BCUT2D eigenvalue weighted by Crippen LogP contribution is -2.68. The van der Waals surface area contributed by atoms with Gasteiger partial charge < -0.3 is 19.9 Å². The van der Waals surface area contributed by atoms with Gasteiger partial charge in [0.25, 0.3) is 0 Å². The maximum atomic E-state index is 14.8. The first-order valence-corrected chi connectivity index (χ1v) is 22.9. The fourth-order valence-corrected chi connectivity index (χ4v) is 15.5. The molecule has 0 unspecified atom stereocenters. The second kappa shape index (κ2) is 15.0. The minimum Gasteiger partial charge on any atom is -0.460 e. The molecule has 1 aromatic rings. The van der Waals surface area contributed by atoms with Crippen LogP contribution in [0.25, 0.3) is 0 Å². The molecule has 314 valence electrons. The number of carbonyl (C=O) groups is 1. The topological polar surface area (TPSA) is 67.8 Å². The Kier molecular flexibility index (Phi) is 10.9. The number of rotatable bonds is 10. The third-order valence-corrected chi connectivity index (χ3v) is 19.0. The lowest BCUT2D eigenvalue weighted by Gasteiger charge is -2.72. The number of halogens is 1. The summed E-state index contributed by atoms with van der Waals surface area (Å²) in [6.07, 6.45) is 19.9. The van der Waals surface area contributed by atoms with Crippen LogP contribution >= 0.6 is 0 Å². The Morgan fingerprint density at radius 1 is 0.895 bits per heavy atom. The molecule has 5 fully saturated rings. The molecule has 5 nitrogen and oxygen atoms in total. The molecule has 1 saturated heterocycles. The van der Waals surface area contributed by atoms with Crippen molar-refractivity contribution < 1.29 is 23.8 Å². The highest BCUT2D eigenvalue weighted by Crippen LogP contribution is 2.76. The number of benzene rings is 1. The van der Waals surface area contributed by atoms with Gasteiger partial charge in [-0.3, -0.25) is 4.79 Å². The van der Waals surface area contributed by atoms with Crippen LogP contribution in [0, 0.1) is 56.7 Å². The van der Waals surface area contributed by atoms with E-state index in [2.05, 4.69) is 65.6 Å². The van der Waals surface area contributed by atoms with E-state index in [1.165, 1.54) is 68.1 Å². The summed E-state index contributed by atoms with van der Waals surface area (Å²) in [5.74, 6) is 2.66. The molecule has 4 saturated carbocycles. The first-order valence-electron chi connectivity index (χ1n) is 22.9. The molecule has 0 radical (unpaired) electrons. The largest absolute Gasteiger partial charge is 0.460 e. The summed E-state index contributed by atoms with van der Waals surface area (Å²) in [7, 11) is 0. The van der Waals surface area contributed by atoms with Crippen LogP contribution in [-0.4, -0.2) is 48.6 Å². The molecule has 8 rings (SSSR count). The molecule has 0 amide bonds. The predicted octanol–water partition coefficient (Wildman–Crippen LogP) is 11.3. The van der Waals surface area contributed by atoms with Gasteiger partial charge in [0.1, 0.15) is 13.3 Å². The van der Waals surface area contributed by atoms with E-state index in [-0.39, 0.29) is 33.8 Å². The van der Waals surface area contributed by atoms with E-state index in [9.17, 15) is 14.3 Å². The Morgan fingerprint density at radius 3 is 2.33 bits per heavy atom. The molecular weight excluding hydrogens is 710 g/mol. The van der Waals surface area contributed by atoms with Gasteiger partial charge in [0.2, 0.25) is 0 Å². The number of alkyl halides is 1. The van der Waals surface area contributed by atoms with Gasteiger partial charge in [-0.1, -0.05) is 89.3 Å². The zero-order valence-corrected chi connectivity index (χ0v) is 36.3. The van der Waals surface area contributed by atoms with Crippen LogP contribution in [0.2, 0.25) is 0 Å². The first-order chi connectivity index (χ1) is 27.1. The number of allylic oxidation sites excluding steroid dienone is 5. The van der Waals surface area contributed by atoms with Gasteiger partial charge in [0.15, 0.2) is 0 Å². The monoisotopic (exact) mass is 784 g/mol. The second-order valence-electron chi connectivity index (χ2n) is 21.8. The lowest BCUT2D eigenvalue weighted by molar-refractivity contribution is -0.221. The quantitative estimate of drug-likeness (QED) is 0.183. The fourth-order valence-electron chi connectivity index (χ4n) is 15.5. The van der Waals surface area contributed by atoms with Crippen LogP contribution in [0.15, 0.2) is 65.8 Å². The number of esters is 1. The van der Waals surface area contributed by atoms with Crippen LogP contribution < -0.4 is 5.32 Å². The van der Waals surface area contributed by atoms with Crippen molar-refractivity contribution in [2.75, 3.05) is 26.4 Å². The van der Waals surface area contributed by atoms with Crippen molar-refractivity contribution in [2.45, 2.75) is 156 Å². The van der Waals surface area contributed by atoms with Crippen molar-refractivity contribution in [1.82, 2.24) is 5.32 Å². The molecule has 2 N–H and O–H groups in total. The number of fused-ring (bicyclic) bond motifs is 7. The molecule has 1 heterocycles. The van der Waals surface area contributed by atoms with E-state index in [0.29, 0.717) is 55.6 Å². The van der Waals surface area contributed by atoms with Gasteiger partial charge in [-0.25, -0.2) is 4.39 Å². The number of hydrogen-bond donors (Lipinski definition) is 2. The Bertz CT molecular complexity index is 1750. The van der Waals surface area contributed by atoms with E-state index >= 15 is 0 Å². The van der Waals surface area contributed by atoms with Crippen LogP contribution in [-0.2, 0) is 20.9 Å². The number of carbonyl (C=O) groups excluding carboxylic acids is 1. The number of aliphatic hydroxyl groups is 1.